The molecule has 1 aromatic rings. The fourth-order valence-corrected chi connectivity index (χ4v) is 1.51. The molecule has 0 saturated carbocycles. The number of hydrogen-bond acceptors (Lipinski definition) is 3. The van der Waals surface area contributed by atoms with E-state index in [0.29, 0.717) is 12.3 Å². The second-order valence-electron chi connectivity index (χ2n) is 4.10. The van der Waals surface area contributed by atoms with Crippen molar-refractivity contribution >= 4 is 17.5 Å². The second kappa shape index (κ2) is 5.92. The third-order valence-electron chi connectivity index (χ3n) is 2.04. The van der Waals surface area contributed by atoms with Crippen LogP contribution < -0.4 is 5.32 Å². The van der Waals surface area contributed by atoms with E-state index in [4.69, 9.17) is 16.0 Å². The normalized spacial score (nSPS) is 12.8. The van der Waals surface area contributed by atoms with Crippen LogP contribution in [0.3, 0.4) is 0 Å². The standard InChI is InChI=1S/C11H16ClNO3/c1-7(2)5-8(14)6-13-11(15)9-3-4-10(12)16-9/h3-4,7-8,14H,5-6H2,1-2H3,(H,13,15). The first-order valence-electron chi connectivity index (χ1n) is 5.20. The Morgan fingerprint density at radius 2 is 2.25 bits per heavy atom. The first kappa shape index (κ1) is 13.1. The Morgan fingerprint density at radius 3 is 2.75 bits per heavy atom. The van der Waals surface area contributed by atoms with E-state index in [9.17, 15) is 9.90 Å². The van der Waals surface area contributed by atoms with E-state index in [1.807, 2.05) is 13.8 Å². The first-order valence-corrected chi connectivity index (χ1v) is 5.58. The summed E-state index contributed by atoms with van der Waals surface area (Å²) in [5, 5.41) is 12.3. The molecule has 0 aliphatic heterocycles. The van der Waals surface area contributed by atoms with Crippen molar-refractivity contribution in [2.45, 2.75) is 26.4 Å². The van der Waals surface area contributed by atoms with Gasteiger partial charge in [0, 0.05) is 6.54 Å². The van der Waals surface area contributed by atoms with Gasteiger partial charge in [0.2, 0.25) is 0 Å². The predicted octanol–water partition coefficient (Wildman–Crippen LogP) is 2.07. The van der Waals surface area contributed by atoms with Crippen LogP contribution in [0.1, 0.15) is 30.8 Å². The molecular formula is C11H16ClNO3. The molecule has 0 bridgehead atoms. The number of rotatable bonds is 5. The van der Waals surface area contributed by atoms with Crippen LogP contribution in [0.2, 0.25) is 5.22 Å². The second-order valence-corrected chi connectivity index (χ2v) is 4.47. The van der Waals surface area contributed by atoms with Crippen LogP contribution in [-0.2, 0) is 0 Å². The molecule has 0 radical (unpaired) electrons. The number of carbonyl (C=O) groups excluding carboxylic acids is 1. The van der Waals surface area contributed by atoms with Gasteiger partial charge in [-0.1, -0.05) is 13.8 Å². The number of halogens is 1. The summed E-state index contributed by atoms with van der Waals surface area (Å²) in [6.45, 7) is 4.24. The van der Waals surface area contributed by atoms with Crippen LogP contribution in [0, 0.1) is 5.92 Å². The summed E-state index contributed by atoms with van der Waals surface area (Å²) >= 11 is 5.54. The van der Waals surface area contributed by atoms with Gasteiger partial charge in [-0.25, -0.2) is 0 Å². The molecule has 1 rings (SSSR count). The zero-order chi connectivity index (χ0) is 12.1. The summed E-state index contributed by atoms with van der Waals surface area (Å²) < 4.78 is 4.93. The number of hydrogen-bond donors (Lipinski definition) is 2. The van der Waals surface area contributed by atoms with E-state index in [0.717, 1.165) is 0 Å². The van der Waals surface area contributed by atoms with E-state index < -0.39 is 6.10 Å². The lowest BCUT2D eigenvalue weighted by atomic mass is 10.1. The van der Waals surface area contributed by atoms with Crippen LogP contribution in [0.5, 0.6) is 0 Å². The maximum Gasteiger partial charge on any atom is 0.287 e. The number of furan rings is 1. The summed E-state index contributed by atoms with van der Waals surface area (Å²) in [4.78, 5) is 11.5. The Morgan fingerprint density at radius 1 is 1.56 bits per heavy atom. The summed E-state index contributed by atoms with van der Waals surface area (Å²) in [5.74, 6) is 0.182. The van der Waals surface area contributed by atoms with Crippen LogP contribution in [0.25, 0.3) is 0 Å². The molecule has 5 heteroatoms. The van der Waals surface area contributed by atoms with Gasteiger partial charge in [-0.15, -0.1) is 0 Å². The Balaban J connectivity index is 2.35. The number of nitrogens with one attached hydrogen (secondary N) is 1. The zero-order valence-electron chi connectivity index (χ0n) is 9.37. The van der Waals surface area contributed by atoms with Crippen molar-refractivity contribution in [3.8, 4) is 0 Å². The van der Waals surface area contributed by atoms with Crippen molar-refractivity contribution in [2.75, 3.05) is 6.54 Å². The third kappa shape index (κ3) is 4.24. The molecule has 0 aromatic carbocycles. The lowest BCUT2D eigenvalue weighted by molar-refractivity contribution is 0.0874. The van der Waals surface area contributed by atoms with Gasteiger partial charge in [-0.2, -0.15) is 0 Å². The molecule has 0 aliphatic carbocycles. The highest BCUT2D eigenvalue weighted by Crippen LogP contribution is 2.12. The Kier molecular flexibility index (Phi) is 4.83. The van der Waals surface area contributed by atoms with Gasteiger partial charge in [-0.05, 0) is 36.1 Å². The van der Waals surface area contributed by atoms with Crippen molar-refractivity contribution in [3.05, 3.63) is 23.1 Å². The van der Waals surface area contributed by atoms with Crippen LogP contribution in [-0.4, -0.2) is 23.7 Å². The monoisotopic (exact) mass is 245 g/mol. The molecule has 0 aliphatic rings. The van der Waals surface area contributed by atoms with Gasteiger partial charge >= 0.3 is 0 Å². The summed E-state index contributed by atoms with van der Waals surface area (Å²) in [5.41, 5.74) is 0. The zero-order valence-corrected chi connectivity index (χ0v) is 10.1. The lowest BCUT2D eigenvalue weighted by Crippen LogP contribution is -2.32. The number of carbonyl (C=O) groups is 1. The maximum atomic E-state index is 11.5. The van der Waals surface area contributed by atoms with Crippen LogP contribution >= 0.6 is 11.6 Å². The van der Waals surface area contributed by atoms with Gasteiger partial charge < -0.3 is 14.8 Å². The summed E-state index contributed by atoms with van der Waals surface area (Å²) in [6.07, 6.45) is 0.119. The van der Waals surface area contributed by atoms with Gasteiger partial charge in [-0.3, -0.25) is 4.79 Å². The molecule has 1 atom stereocenters. The van der Waals surface area contributed by atoms with Gasteiger partial charge in [0.15, 0.2) is 11.0 Å². The molecule has 0 saturated heterocycles. The molecule has 16 heavy (non-hydrogen) atoms. The van der Waals surface area contributed by atoms with Gasteiger partial charge in [0.1, 0.15) is 0 Å². The fourth-order valence-electron chi connectivity index (χ4n) is 1.36. The van der Waals surface area contributed by atoms with Gasteiger partial charge in [0.25, 0.3) is 5.91 Å². The molecule has 1 heterocycles. The van der Waals surface area contributed by atoms with Crippen LogP contribution in [0.4, 0.5) is 0 Å². The highest BCUT2D eigenvalue weighted by Gasteiger charge is 2.13. The topological polar surface area (TPSA) is 62.5 Å². The van der Waals surface area contributed by atoms with Crippen LogP contribution in [0.15, 0.2) is 16.5 Å². The smallest absolute Gasteiger partial charge is 0.287 e. The molecule has 90 valence electrons. The largest absolute Gasteiger partial charge is 0.440 e. The molecule has 4 nitrogen and oxygen atoms in total. The minimum atomic E-state index is -0.533. The van der Waals surface area contributed by atoms with E-state index in [1.165, 1.54) is 12.1 Å². The summed E-state index contributed by atoms with van der Waals surface area (Å²) in [7, 11) is 0. The Bertz CT molecular complexity index is 349. The Hall–Kier alpha value is -1.00. The van der Waals surface area contributed by atoms with Crippen molar-refractivity contribution < 1.29 is 14.3 Å². The Labute approximate surface area is 99.6 Å². The van der Waals surface area contributed by atoms with Crippen molar-refractivity contribution in [2.24, 2.45) is 5.92 Å². The number of amides is 1. The quantitative estimate of drug-likeness (QED) is 0.835. The van der Waals surface area contributed by atoms with E-state index in [1.54, 1.807) is 0 Å². The molecular weight excluding hydrogens is 230 g/mol. The fraction of sp³-hybridized carbons (Fsp3) is 0.545. The summed E-state index contributed by atoms with van der Waals surface area (Å²) in [6, 6.07) is 2.99. The van der Waals surface area contributed by atoms with E-state index >= 15 is 0 Å². The number of aliphatic hydroxyl groups is 1. The third-order valence-corrected chi connectivity index (χ3v) is 2.24. The molecule has 1 amide bonds. The number of aliphatic hydroxyl groups excluding tert-OH is 1. The molecule has 0 spiro atoms. The molecule has 1 unspecified atom stereocenters. The highest BCUT2D eigenvalue weighted by atomic mass is 35.5. The predicted molar refractivity (Wildman–Crippen MR) is 61.5 cm³/mol. The minimum absolute atomic E-state index is 0.154. The maximum absolute atomic E-state index is 11.5. The first-order chi connectivity index (χ1) is 7.49. The lowest BCUT2D eigenvalue weighted by Gasteiger charge is -2.13. The van der Waals surface area contributed by atoms with Gasteiger partial charge in [0.05, 0.1) is 6.10 Å². The molecule has 0 fully saturated rings. The van der Waals surface area contributed by atoms with Crippen molar-refractivity contribution in [3.63, 3.8) is 0 Å². The highest BCUT2D eigenvalue weighted by molar-refractivity contribution is 6.29. The average Bonchev–Trinajstić information content (AvgIpc) is 2.60. The molecule has 2 N–H and O–H groups in total. The van der Waals surface area contributed by atoms with E-state index in [-0.39, 0.29) is 23.4 Å². The average molecular weight is 246 g/mol. The molecule has 1 aromatic heterocycles. The minimum Gasteiger partial charge on any atom is -0.440 e. The van der Waals surface area contributed by atoms with Crippen molar-refractivity contribution in [1.29, 1.82) is 0 Å². The SMILES string of the molecule is CC(C)CC(O)CNC(=O)c1ccc(Cl)o1. The van der Waals surface area contributed by atoms with Crippen molar-refractivity contribution in [1.82, 2.24) is 5.32 Å². The van der Waals surface area contributed by atoms with E-state index in [2.05, 4.69) is 5.32 Å².